The molecule has 1 aromatic heterocycles. The number of fused-ring (bicyclic) bond motifs is 2. The first kappa shape index (κ1) is 13.0. The first-order valence-corrected chi connectivity index (χ1v) is 7.56. The molecule has 2 aliphatic rings. The van der Waals surface area contributed by atoms with Gasteiger partial charge < -0.3 is 5.32 Å². The molecule has 5 heteroatoms. The average molecular weight is 282 g/mol. The molecule has 0 radical (unpaired) electrons. The highest BCUT2D eigenvalue weighted by molar-refractivity contribution is 6.32. The van der Waals surface area contributed by atoms with Gasteiger partial charge in [0.2, 0.25) is 0 Å². The number of hydrogen-bond donors (Lipinski definition) is 1. The van der Waals surface area contributed by atoms with E-state index < -0.39 is 0 Å². The molecule has 2 fully saturated rings. The molecule has 0 aromatic carbocycles. The lowest BCUT2D eigenvalue weighted by molar-refractivity contribution is 0.348. The van der Waals surface area contributed by atoms with Crippen LogP contribution in [0.5, 0.6) is 0 Å². The zero-order valence-corrected chi connectivity index (χ0v) is 12.0. The largest absolute Gasteiger partial charge is 0.382 e. The van der Waals surface area contributed by atoms with Crippen molar-refractivity contribution in [3.63, 3.8) is 0 Å². The minimum atomic E-state index is -0.206. The van der Waals surface area contributed by atoms with Crippen molar-refractivity contribution in [2.45, 2.75) is 39.2 Å². The number of aromatic nitrogens is 2. The molecular weight excluding hydrogens is 262 g/mol. The second-order valence-electron chi connectivity index (χ2n) is 5.81. The zero-order valence-electron chi connectivity index (χ0n) is 11.2. The molecule has 2 saturated carbocycles. The normalized spacial score (nSPS) is 28.8. The lowest BCUT2D eigenvalue weighted by Gasteiger charge is -2.22. The van der Waals surface area contributed by atoms with Crippen LogP contribution >= 0.6 is 11.6 Å². The molecule has 104 valence electrons. The topological polar surface area (TPSA) is 46.9 Å². The van der Waals surface area contributed by atoms with Crippen LogP contribution in [0.15, 0.2) is 11.0 Å². The maximum atomic E-state index is 11.9. The molecule has 1 N–H and O–H groups in total. The highest BCUT2D eigenvalue weighted by Crippen LogP contribution is 2.48. The number of halogens is 1. The quantitative estimate of drug-likeness (QED) is 0.923. The Morgan fingerprint density at radius 1 is 1.47 bits per heavy atom. The van der Waals surface area contributed by atoms with Crippen molar-refractivity contribution in [3.8, 4) is 0 Å². The average Bonchev–Trinajstić information content (AvgIpc) is 3.03. The molecule has 3 unspecified atom stereocenters. The van der Waals surface area contributed by atoms with E-state index in [0.29, 0.717) is 12.2 Å². The SMILES string of the molecule is CCn1ncc(NCC2CC3CCC2C3)c(Cl)c1=O. The van der Waals surface area contributed by atoms with Gasteiger partial charge in [-0.1, -0.05) is 18.0 Å². The van der Waals surface area contributed by atoms with E-state index in [4.69, 9.17) is 11.6 Å². The van der Waals surface area contributed by atoms with Gasteiger partial charge in [0, 0.05) is 13.1 Å². The molecule has 0 saturated heterocycles. The second-order valence-corrected chi connectivity index (χ2v) is 6.19. The Balaban J connectivity index is 1.67. The van der Waals surface area contributed by atoms with Crippen LogP contribution in [0.1, 0.15) is 32.6 Å². The summed E-state index contributed by atoms with van der Waals surface area (Å²) in [5.41, 5.74) is 0.473. The number of anilines is 1. The maximum Gasteiger partial charge on any atom is 0.287 e. The van der Waals surface area contributed by atoms with Crippen LogP contribution in [0.4, 0.5) is 5.69 Å². The van der Waals surface area contributed by atoms with Gasteiger partial charge in [0.15, 0.2) is 0 Å². The molecule has 0 aliphatic heterocycles. The van der Waals surface area contributed by atoms with Gasteiger partial charge in [-0.25, -0.2) is 4.68 Å². The van der Waals surface area contributed by atoms with Crippen molar-refractivity contribution in [1.29, 1.82) is 0 Å². The monoisotopic (exact) mass is 281 g/mol. The van der Waals surface area contributed by atoms with Crippen molar-refractivity contribution < 1.29 is 0 Å². The predicted molar refractivity (Wildman–Crippen MR) is 76.6 cm³/mol. The Hall–Kier alpha value is -1.03. The molecule has 3 atom stereocenters. The standard InChI is InChI=1S/C14H20ClN3O/c1-2-18-14(19)13(15)12(8-17-18)16-7-11-6-9-3-4-10(11)5-9/h8-11,16H,2-7H2,1H3. The molecule has 3 rings (SSSR count). The van der Waals surface area contributed by atoms with Crippen molar-refractivity contribution in [2.24, 2.45) is 17.8 Å². The van der Waals surface area contributed by atoms with Gasteiger partial charge in [-0.2, -0.15) is 5.10 Å². The van der Waals surface area contributed by atoms with E-state index in [1.165, 1.54) is 30.4 Å². The Morgan fingerprint density at radius 3 is 2.95 bits per heavy atom. The van der Waals surface area contributed by atoms with E-state index in [-0.39, 0.29) is 10.6 Å². The van der Waals surface area contributed by atoms with Gasteiger partial charge in [-0.3, -0.25) is 4.79 Å². The van der Waals surface area contributed by atoms with E-state index in [2.05, 4.69) is 10.4 Å². The molecule has 0 amide bonds. The van der Waals surface area contributed by atoms with E-state index in [1.807, 2.05) is 6.92 Å². The molecule has 4 nitrogen and oxygen atoms in total. The van der Waals surface area contributed by atoms with Crippen LogP contribution in [-0.2, 0) is 6.54 Å². The molecular formula is C14H20ClN3O. The summed E-state index contributed by atoms with van der Waals surface area (Å²) < 4.78 is 1.38. The summed E-state index contributed by atoms with van der Waals surface area (Å²) in [5, 5.41) is 7.70. The number of aryl methyl sites for hydroxylation is 1. The number of rotatable bonds is 4. The fourth-order valence-corrected chi connectivity index (χ4v) is 3.89. The van der Waals surface area contributed by atoms with Crippen molar-refractivity contribution in [1.82, 2.24) is 9.78 Å². The third-order valence-electron chi connectivity index (χ3n) is 4.72. The minimum absolute atomic E-state index is 0.206. The first-order valence-electron chi connectivity index (χ1n) is 7.18. The van der Waals surface area contributed by atoms with E-state index >= 15 is 0 Å². The molecule has 1 heterocycles. The van der Waals surface area contributed by atoms with Gasteiger partial charge in [-0.15, -0.1) is 0 Å². The Kier molecular flexibility index (Phi) is 3.52. The molecule has 1 aromatic rings. The summed E-state index contributed by atoms with van der Waals surface area (Å²) in [5.74, 6) is 2.56. The fourth-order valence-electron chi connectivity index (χ4n) is 3.68. The lowest BCUT2D eigenvalue weighted by Crippen LogP contribution is -2.25. The van der Waals surface area contributed by atoms with Gasteiger partial charge in [0.05, 0.1) is 11.9 Å². The van der Waals surface area contributed by atoms with Gasteiger partial charge >= 0.3 is 0 Å². The highest BCUT2D eigenvalue weighted by Gasteiger charge is 2.39. The summed E-state index contributed by atoms with van der Waals surface area (Å²) in [6.07, 6.45) is 7.18. The summed E-state index contributed by atoms with van der Waals surface area (Å²) in [6, 6.07) is 0. The molecule has 0 spiro atoms. The molecule has 19 heavy (non-hydrogen) atoms. The number of nitrogens with one attached hydrogen (secondary N) is 1. The first-order chi connectivity index (χ1) is 9.19. The summed E-state index contributed by atoms with van der Waals surface area (Å²) in [4.78, 5) is 11.9. The van der Waals surface area contributed by atoms with Gasteiger partial charge in [0.1, 0.15) is 5.02 Å². The Bertz CT molecular complexity index is 528. The number of nitrogens with zero attached hydrogens (tertiary/aromatic N) is 2. The molecule has 2 aliphatic carbocycles. The van der Waals surface area contributed by atoms with Gasteiger partial charge in [0.25, 0.3) is 5.56 Å². The lowest BCUT2D eigenvalue weighted by atomic mass is 9.89. The minimum Gasteiger partial charge on any atom is -0.382 e. The van der Waals surface area contributed by atoms with E-state index in [1.54, 1.807) is 6.20 Å². The van der Waals surface area contributed by atoms with Crippen LogP contribution < -0.4 is 10.9 Å². The summed E-state index contributed by atoms with van der Waals surface area (Å²) in [6.45, 7) is 3.34. The fraction of sp³-hybridized carbons (Fsp3) is 0.714. The van der Waals surface area contributed by atoms with Crippen molar-refractivity contribution >= 4 is 17.3 Å². The van der Waals surface area contributed by atoms with Gasteiger partial charge in [-0.05, 0) is 43.9 Å². The smallest absolute Gasteiger partial charge is 0.287 e. The van der Waals surface area contributed by atoms with Crippen molar-refractivity contribution in [2.75, 3.05) is 11.9 Å². The second kappa shape index (κ2) is 5.16. The van der Waals surface area contributed by atoms with E-state index in [0.717, 1.165) is 24.3 Å². The van der Waals surface area contributed by atoms with Crippen LogP contribution in [0.2, 0.25) is 5.02 Å². The molecule has 2 bridgehead atoms. The highest BCUT2D eigenvalue weighted by atomic mass is 35.5. The Labute approximate surface area is 118 Å². The van der Waals surface area contributed by atoms with Crippen LogP contribution in [0, 0.1) is 17.8 Å². The predicted octanol–water partition coefficient (Wildman–Crippen LogP) is 2.76. The van der Waals surface area contributed by atoms with Crippen LogP contribution in [-0.4, -0.2) is 16.3 Å². The third-order valence-corrected chi connectivity index (χ3v) is 5.09. The van der Waals surface area contributed by atoms with E-state index in [9.17, 15) is 4.79 Å². The van der Waals surface area contributed by atoms with Crippen molar-refractivity contribution in [3.05, 3.63) is 21.6 Å². The summed E-state index contributed by atoms with van der Waals surface area (Å²) in [7, 11) is 0. The van der Waals surface area contributed by atoms with Crippen LogP contribution in [0.3, 0.4) is 0 Å². The third kappa shape index (κ3) is 2.38. The summed E-state index contributed by atoms with van der Waals surface area (Å²) >= 11 is 6.11. The zero-order chi connectivity index (χ0) is 13.4. The van der Waals surface area contributed by atoms with Crippen LogP contribution in [0.25, 0.3) is 0 Å². The maximum absolute atomic E-state index is 11.9. The Morgan fingerprint density at radius 2 is 2.32 bits per heavy atom. The number of hydrogen-bond acceptors (Lipinski definition) is 3.